The molecule has 0 bridgehead atoms. The molecule has 3 nitrogen and oxygen atoms in total. The summed E-state index contributed by atoms with van der Waals surface area (Å²) in [5.74, 6) is 0.831. The van der Waals surface area contributed by atoms with E-state index < -0.39 is 0 Å². The Labute approximate surface area is 145 Å². The van der Waals surface area contributed by atoms with Gasteiger partial charge in [-0.3, -0.25) is 0 Å². The zero-order valence-corrected chi connectivity index (χ0v) is 14.4. The van der Waals surface area contributed by atoms with Gasteiger partial charge >= 0.3 is 0 Å². The molecule has 3 aromatic rings. The molecule has 0 unspecified atom stereocenters. The third-order valence-corrected chi connectivity index (χ3v) is 5.86. The van der Waals surface area contributed by atoms with E-state index in [9.17, 15) is 4.39 Å². The predicted molar refractivity (Wildman–Crippen MR) is 99.3 cm³/mol. The topological polar surface area (TPSA) is 28.2 Å². The van der Waals surface area contributed by atoms with Gasteiger partial charge in [0.2, 0.25) is 0 Å². The smallest absolute Gasteiger partial charge is 0.137 e. The molecule has 1 atom stereocenters. The molecule has 0 saturated carbocycles. The van der Waals surface area contributed by atoms with Crippen molar-refractivity contribution in [3.8, 4) is 10.4 Å². The zero-order chi connectivity index (χ0) is 16.5. The Morgan fingerprint density at radius 2 is 2.08 bits per heavy atom. The molecule has 1 aromatic carbocycles. The van der Waals surface area contributed by atoms with Crippen molar-refractivity contribution in [2.75, 3.05) is 25.0 Å². The van der Waals surface area contributed by atoms with Crippen LogP contribution in [0.1, 0.15) is 12.8 Å². The molecule has 124 valence electrons. The van der Waals surface area contributed by atoms with Gasteiger partial charge in [0, 0.05) is 40.8 Å². The van der Waals surface area contributed by atoms with E-state index in [4.69, 9.17) is 0 Å². The van der Waals surface area contributed by atoms with E-state index >= 15 is 0 Å². The van der Waals surface area contributed by atoms with Gasteiger partial charge < -0.3 is 10.2 Å². The average Bonchev–Trinajstić information content (AvgIpc) is 3.06. The second-order valence-electron chi connectivity index (χ2n) is 6.27. The Morgan fingerprint density at radius 1 is 1.25 bits per heavy atom. The molecule has 1 aliphatic rings. The van der Waals surface area contributed by atoms with E-state index in [-0.39, 0.29) is 5.82 Å². The third kappa shape index (κ3) is 2.89. The van der Waals surface area contributed by atoms with Crippen LogP contribution in [0.15, 0.2) is 42.6 Å². The lowest BCUT2D eigenvalue weighted by Crippen LogP contribution is -2.44. The highest BCUT2D eigenvalue weighted by molar-refractivity contribution is 7.22. The number of hydrogen-bond donors (Lipinski definition) is 1. The normalized spacial score (nSPS) is 18.0. The SMILES string of the molecule is CN(c1nccc2sc(-c3ccc(F)cc3)cc12)[C@H]1CCCNC1. The number of hydrogen-bond acceptors (Lipinski definition) is 4. The lowest BCUT2D eigenvalue weighted by Gasteiger charge is -2.32. The monoisotopic (exact) mass is 341 g/mol. The Balaban J connectivity index is 1.73. The average molecular weight is 341 g/mol. The van der Waals surface area contributed by atoms with Gasteiger partial charge in [-0.15, -0.1) is 11.3 Å². The van der Waals surface area contributed by atoms with Crippen LogP contribution in [-0.2, 0) is 0 Å². The first-order valence-corrected chi connectivity index (χ1v) is 9.12. The number of piperidine rings is 1. The molecular weight excluding hydrogens is 321 g/mol. The molecule has 2 aromatic heterocycles. The lowest BCUT2D eigenvalue weighted by molar-refractivity contribution is 0.444. The number of thiophene rings is 1. The van der Waals surface area contributed by atoms with E-state index in [1.54, 1.807) is 11.3 Å². The van der Waals surface area contributed by atoms with E-state index in [2.05, 4.69) is 34.4 Å². The van der Waals surface area contributed by atoms with Gasteiger partial charge in [0.25, 0.3) is 0 Å². The van der Waals surface area contributed by atoms with Gasteiger partial charge in [0.1, 0.15) is 11.6 Å². The first-order valence-electron chi connectivity index (χ1n) is 8.30. The molecule has 4 rings (SSSR count). The van der Waals surface area contributed by atoms with Crippen molar-refractivity contribution in [1.82, 2.24) is 10.3 Å². The summed E-state index contributed by atoms with van der Waals surface area (Å²) in [4.78, 5) is 8.10. The molecule has 0 radical (unpaired) electrons. The Morgan fingerprint density at radius 3 is 2.83 bits per heavy atom. The van der Waals surface area contributed by atoms with Crippen LogP contribution in [0.3, 0.4) is 0 Å². The first kappa shape index (κ1) is 15.5. The standard InChI is InChI=1S/C19H20FN3S/c1-23(15-3-2-9-21-12-15)19-16-11-18(24-17(16)8-10-22-19)13-4-6-14(20)7-5-13/h4-8,10-11,15,21H,2-3,9,12H2,1H3/t15-/m0/s1. The van der Waals surface area contributed by atoms with Crippen LogP contribution >= 0.6 is 11.3 Å². The minimum Gasteiger partial charge on any atom is -0.355 e. The highest BCUT2D eigenvalue weighted by Gasteiger charge is 2.21. The second-order valence-corrected chi connectivity index (χ2v) is 7.36. The largest absolute Gasteiger partial charge is 0.355 e. The van der Waals surface area contributed by atoms with Crippen molar-refractivity contribution in [2.24, 2.45) is 0 Å². The summed E-state index contributed by atoms with van der Waals surface area (Å²) in [7, 11) is 2.13. The van der Waals surface area contributed by atoms with E-state index in [1.165, 1.54) is 35.1 Å². The highest BCUT2D eigenvalue weighted by Crippen LogP contribution is 2.37. The van der Waals surface area contributed by atoms with Crippen LogP contribution in [0.5, 0.6) is 0 Å². The van der Waals surface area contributed by atoms with Gasteiger partial charge in [-0.05, 0) is 49.2 Å². The summed E-state index contributed by atoms with van der Waals surface area (Å²) in [6.45, 7) is 2.11. The number of benzene rings is 1. The Kier molecular flexibility index (Phi) is 4.21. The molecule has 1 aliphatic heterocycles. The van der Waals surface area contributed by atoms with Crippen LogP contribution in [0.25, 0.3) is 20.5 Å². The van der Waals surface area contributed by atoms with Crippen molar-refractivity contribution in [1.29, 1.82) is 0 Å². The number of nitrogens with zero attached hydrogens (tertiary/aromatic N) is 2. The number of rotatable bonds is 3. The second kappa shape index (κ2) is 6.49. The van der Waals surface area contributed by atoms with Crippen LogP contribution in [0, 0.1) is 5.82 Å². The maximum atomic E-state index is 13.2. The number of nitrogens with one attached hydrogen (secondary N) is 1. The van der Waals surface area contributed by atoms with Gasteiger partial charge in [0.15, 0.2) is 0 Å². The van der Waals surface area contributed by atoms with Crippen LogP contribution in [-0.4, -0.2) is 31.2 Å². The number of likely N-dealkylation sites (N-methyl/N-ethyl adjacent to an activating group) is 1. The molecule has 1 N–H and O–H groups in total. The van der Waals surface area contributed by atoms with Crippen LogP contribution in [0.2, 0.25) is 0 Å². The quantitative estimate of drug-likeness (QED) is 0.770. The van der Waals surface area contributed by atoms with Crippen molar-refractivity contribution in [3.05, 3.63) is 48.4 Å². The van der Waals surface area contributed by atoms with Gasteiger partial charge in [-0.25, -0.2) is 9.37 Å². The maximum absolute atomic E-state index is 13.2. The van der Waals surface area contributed by atoms with Crippen LogP contribution in [0.4, 0.5) is 10.2 Å². The van der Waals surface area contributed by atoms with Gasteiger partial charge in [0.05, 0.1) is 0 Å². The number of anilines is 1. The predicted octanol–water partition coefficient (Wildman–Crippen LogP) is 4.29. The molecule has 5 heteroatoms. The van der Waals surface area contributed by atoms with Crippen molar-refractivity contribution < 1.29 is 4.39 Å². The third-order valence-electron chi connectivity index (χ3n) is 4.71. The van der Waals surface area contributed by atoms with Crippen LogP contribution < -0.4 is 10.2 Å². The van der Waals surface area contributed by atoms with Gasteiger partial charge in [-0.1, -0.05) is 12.1 Å². The molecule has 1 fully saturated rings. The molecule has 1 saturated heterocycles. The Bertz CT molecular complexity index is 837. The summed E-state index contributed by atoms with van der Waals surface area (Å²) in [5.41, 5.74) is 1.05. The molecular formula is C19H20FN3S. The molecule has 0 aliphatic carbocycles. The van der Waals surface area contributed by atoms with Gasteiger partial charge in [-0.2, -0.15) is 0 Å². The summed E-state index contributed by atoms with van der Waals surface area (Å²) in [5, 5.41) is 4.64. The highest BCUT2D eigenvalue weighted by atomic mass is 32.1. The van der Waals surface area contributed by atoms with E-state index in [0.717, 1.165) is 29.3 Å². The molecule has 0 amide bonds. The fourth-order valence-electron chi connectivity index (χ4n) is 3.32. The van der Waals surface area contributed by atoms with E-state index in [1.807, 2.05) is 18.3 Å². The minimum absolute atomic E-state index is 0.202. The molecule has 3 heterocycles. The van der Waals surface area contributed by atoms with E-state index in [0.29, 0.717) is 6.04 Å². The van der Waals surface area contributed by atoms with Crippen molar-refractivity contribution in [2.45, 2.75) is 18.9 Å². The van der Waals surface area contributed by atoms with Crippen molar-refractivity contribution in [3.63, 3.8) is 0 Å². The zero-order valence-electron chi connectivity index (χ0n) is 13.6. The molecule has 0 spiro atoms. The lowest BCUT2D eigenvalue weighted by atomic mass is 10.1. The first-order chi connectivity index (χ1) is 11.7. The Hall–Kier alpha value is -1.98. The number of halogens is 1. The number of pyridine rings is 1. The number of fused-ring (bicyclic) bond motifs is 1. The minimum atomic E-state index is -0.202. The summed E-state index contributed by atoms with van der Waals surface area (Å²) in [6.07, 6.45) is 4.28. The number of aromatic nitrogens is 1. The molecule has 24 heavy (non-hydrogen) atoms. The maximum Gasteiger partial charge on any atom is 0.137 e. The fraction of sp³-hybridized carbons (Fsp3) is 0.316. The van der Waals surface area contributed by atoms with Crippen molar-refractivity contribution >= 4 is 27.2 Å². The fourth-order valence-corrected chi connectivity index (χ4v) is 4.38. The summed E-state index contributed by atoms with van der Waals surface area (Å²) >= 11 is 1.73. The summed E-state index contributed by atoms with van der Waals surface area (Å²) < 4.78 is 14.4. The summed E-state index contributed by atoms with van der Waals surface area (Å²) in [6, 6.07) is 11.4.